The molecular formula is C16H19NO2. The van der Waals surface area contributed by atoms with Gasteiger partial charge in [0.05, 0.1) is 20.3 Å². The first kappa shape index (κ1) is 13.4. The van der Waals surface area contributed by atoms with Crippen LogP contribution in [0.3, 0.4) is 0 Å². The zero-order valence-corrected chi connectivity index (χ0v) is 11.5. The van der Waals surface area contributed by atoms with Gasteiger partial charge in [0.2, 0.25) is 0 Å². The molecule has 0 saturated carbocycles. The van der Waals surface area contributed by atoms with Gasteiger partial charge in [-0.3, -0.25) is 0 Å². The fourth-order valence-corrected chi connectivity index (χ4v) is 2.16. The molecule has 19 heavy (non-hydrogen) atoms. The lowest BCUT2D eigenvalue weighted by molar-refractivity contribution is 0.354. The summed E-state index contributed by atoms with van der Waals surface area (Å²) in [4.78, 5) is 0. The predicted octanol–water partition coefficient (Wildman–Crippen LogP) is 3.06. The van der Waals surface area contributed by atoms with Crippen molar-refractivity contribution >= 4 is 0 Å². The molecule has 2 aromatic rings. The van der Waals surface area contributed by atoms with Gasteiger partial charge >= 0.3 is 0 Å². The number of rotatable bonds is 4. The third-order valence-corrected chi connectivity index (χ3v) is 3.29. The molecule has 0 bridgehead atoms. The van der Waals surface area contributed by atoms with Crippen molar-refractivity contribution in [3.8, 4) is 11.5 Å². The van der Waals surface area contributed by atoms with Crippen LogP contribution in [-0.4, -0.2) is 14.2 Å². The van der Waals surface area contributed by atoms with E-state index in [4.69, 9.17) is 15.2 Å². The molecule has 0 aliphatic carbocycles. The maximum Gasteiger partial charge on any atom is 0.161 e. The lowest BCUT2D eigenvalue weighted by Crippen LogP contribution is -2.13. The van der Waals surface area contributed by atoms with Crippen molar-refractivity contribution in [3.63, 3.8) is 0 Å². The number of benzene rings is 2. The lowest BCUT2D eigenvalue weighted by atomic mass is 9.95. The third kappa shape index (κ3) is 2.71. The monoisotopic (exact) mass is 257 g/mol. The number of hydrogen-bond donors (Lipinski definition) is 1. The molecule has 0 amide bonds. The van der Waals surface area contributed by atoms with E-state index in [0.29, 0.717) is 11.5 Å². The van der Waals surface area contributed by atoms with Crippen molar-refractivity contribution in [1.82, 2.24) is 0 Å². The van der Waals surface area contributed by atoms with Crippen LogP contribution in [0.25, 0.3) is 0 Å². The normalized spacial score (nSPS) is 12.0. The fraction of sp³-hybridized carbons (Fsp3) is 0.250. The van der Waals surface area contributed by atoms with Crippen LogP contribution in [0.4, 0.5) is 0 Å². The van der Waals surface area contributed by atoms with E-state index in [9.17, 15) is 0 Å². The van der Waals surface area contributed by atoms with Crippen molar-refractivity contribution in [3.05, 3.63) is 59.2 Å². The Bertz CT molecular complexity index is 566. The van der Waals surface area contributed by atoms with Crippen LogP contribution in [0.15, 0.2) is 42.5 Å². The topological polar surface area (TPSA) is 44.5 Å². The van der Waals surface area contributed by atoms with Gasteiger partial charge < -0.3 is 15.2 Å². The van der Waals surface area contributed by atoms with E-state index in [0.717, 1.165) is 11.1 Å². The van der Waals surface area contributed by atoms with Crippen molar-refractivity contribution < 1.29 is 9.47 Å². The Morgan fingerprint density at radius 2 is 1.63 bits per heavy atom. The Balaban J connectivity index is 2.39. The Kier molecular flexibility index (Phi) is 4.07. The maximum absolute atomic E-state index is 6.34. The zero-order valence-electron chi connectivity index (χ0n) is 11.5. The molecule has 0 fully saturated rings. The Hall–Kier alpha value is -2.00. The number of hydrogen-bond acceptors (Lipinski definition) is 3. The minimum Gasteiger partial charge on any atom is -0.493 e. The van der Waals surface area contributed by atoms with Gasteiger partial charge in [-0.25, -0.2) is 0 Å². The minimum absolute atomic E-state index is 0.166. The van der Waals surface area contributed by atoms with E-state index in [1.54, 1.807) is 14.2 Å². The van der Waals surface area contributed by atoms with Gasteiger partial charge in [-0.15, -0.1) is 0 Å². The van der Waals surface area contributed by atoms with E-state index in [-0.39, 0.29) is 6.04 Å². The van der Waals surface area contributed by atoms with E-state index in [1.165, 1.54) is 5.56 Å². The van der Waals surface area contributed by atoms with Crippen LogP contribution in [-0.2, 0) is 0 Å². The van der Waals surface area contributed by atoms with E-state index >= 15 is 0 Å². The largest absolute Gasteiger partial charge is 0.493 e. The van der Waals surface area contributed by atoms with Crippen LogP contribution in [0, 0.1) is 6.92 Å². The molecule has 2 N–H and O–H groups in total. The summed E-state index contributed by atoms with van der Waals surface area (Å²) in [5.41, 5.74) is 9.65. The summed E-state index contributed by atoms with van der Waals surface area (Å²) in [6.45, 7) is 2.07. The molecule has 0 spiro atoms. The Labute approximate surface area is 114 Å². The molecule has 2 rings (SSSR count). The summed E-state index contributed by atoms with van der Waals surface area (Å²) in [5, 5.41) is 0. The van der Waals surface area contributed by atoms with Gasteiger partial charge in [-0.1, -0.05) is 30.3 Å². The maximum atomic E-state index is 6.34. The summed E-state index contributed by atoms with van der Waals surface area (Å²) in [6, 6.07) is 13.7. The molecule has 2 aromatic carbocycles. The lowest BCUT2D eigenvalue weighted by Gasteiger charge is -2.17. The second kappa shape index (κ2) is 5.76. The first-order valence-electron chi connectivity index (χ1n) is 6.20. The summed E-state index contributed by atoms with van der Waals surface area (Å²) < 4.78 is 10.5. The fourth-order valence-electron chi connectivity index (χ4n) is 2.16. The highest BCUT2D eigenvalue weighted by atomic mass is 16.5. The van der Waals surface area contributed by atoms with Crippen LogP contribution < -0.4 is 15.2 Å². The highest BCUT2D eigenvalue weighted by Crippen LogP contribution is 2.31. The van der Waals surface area contributed by atoms with Crippen molar-refractivity contribution in [2.75, 3.05) is 14.2 Å². The molecule has 0 saturated heterocycles. The molecule has 0 radical (unpaired) electrons. The van der Waals surface area contributed by atoms with Crippen molar-refractivity contribution in [1.29, 1.82) is 0 Å². The average Bonchev–Trinajstić information content (AvgIpc) is 2.46. The van der Waals surface area contributed by atoms with Crippen molar-refractivity contribution in [2.45, 2.75) is 13.0 Å². The molecule has 0 aliphatic rings. The van der Waals surface area contributed by atoms with Crippen molar-refractivity contribution in [2.24, 2.45) is 5.73 Å². The van der Waals surface area contributed by atoms with E-state index in [2.05, 4.69) is 19.1 Å². The number of methoxy groups -OCH3 is 2. The van der Waals surface area contributed by atoms with Gasteiger partial charge in [0.15, 0.2) is 11.5 Å². The summed E-state index contributed by atoms with van der Waals surface area (Å²) in [5.74, 6) is 1.41. The van der Waals surface area contributed by atoms with E-state index in [1.807, 2.05) is 30.3 Å². The molecule has 3 nitrogen and oxygen atoms in total. The molecule has 3 heteroatoms. The quantitative estimate of drug-likeness (QED) is 0.915. The molecule has 0 heterocycles. The first-order chi connectivity index (χ1) is 9.17. The molecular weight excluding hydrogens is 238 g/mol. The van der Waals surface area contributed by atoms with Gasteiger partial charge in [0.25, 0.3) is 0 Å². The zero-order chi connectivity index (χ0) is 13.8. The minimum atomic E-state index is -0.166. The Morgan fingerprint density at radius 3 is 2.26 bits per heavy atom. The number of nitrogens with two attached hydrogens (primary N) is 1. The molecule has 1 atom stereocenters. The average molecular weight is 257 g/mol. The number of aryl methyl sites for hydroxylation is 1. The molecule has 1 unspecified atom stereocenters. The third-order valence-electron chi connectivity index (χ3n) is 3.29. The molecule has 0 aliphatic heterocycles. The number of ether oxygens (including phenoxy) is 2. The second-order valence-electron chi connectivity index (χ2n) is 4.45. The standard InChI is InChI=1S/C16H19NO2/c1-11-6-4-5-7-13(11)16(17)12-8-9-14(18-2)15(10-12)19-3/h4-10,16H,17H2,1-3H3. The van der Waals surface area contributed by atoms with Gasteiger partial charge in [0, 0.05) is 0 Å². The first-order valence-corrected chi connectivity index (χ1v) is 6.20. The van der Waals surface area contributed by atoms with Crippen LogP contribution in [0.2, 0.25) is 0 Å². The second-order valence-corrected chi connectivity index (χ2v) is 4.45. The smallest absolute Gasteiger partial charge is 0.161 e. The SMILES string of the molecule is COc1ccc(C(N)c2ccccc2C)cc1OC. The predicted molar refractivity (Wildman–Crippen MR) is 76.8 cm³/mol. The molecule has 100 valence electrons. The van der Waals surface area contributed by atoms with Gasteiger partial charge in [-0.05, 0) is 35.7 Å². The Morgan fingerprint density at radius 1 is 0.947 bits per heavy atom. The summed E-state index contributed by atoms with van der Waals surface area (Å²) in [6.07, 6.45) is 0. The van der Waals surface area contributed by atoms with Crippen LogP contribution in [0.1, 0.15) is 22.7 Å². The van der Waals surface area contributed by atoms with E-state index < -0.39 is 0 Å². The van der Waals surface area contributed by atoms with Gasteiger partial charge in [0.1, 0.15) is 0 Å². The molecule has 0 aromatic heterocycles. The summed E-state index contributed by atoms with van der Waals surface area (Å²) >= 11 is 0. The van der Waals surface area contributed by atoms with Crippen LogP contribution in [0.5, 0.6) is 11.5 Å². The highest BCUT2D eigenvalue weighted by molar-refractivity contribution is 5.46. The highest BCUT2D eigenvalue weighted by Gasteiger charge is 2.13. The van der Waals surface area contributed by atoms with Gasteiger partial charge in [-0.2, -0.15) is 0 Å². The summed E-state index contributed by atoms with van der Waals surface area (Å²) in [7, 11) is 3.25. The van der Waals surface area contributed by atoms with Crippen LogP contribution >= 0.6 is 0 Å².